The second-order valence-electron chi connectivity index (χ2n) is 3.13. The van der Waals surface area contributed by atoms with Crippen molar-refractivity contribution in [1.82, 2.24) is 9.80 Å². The molecule has 0 N–H and O–H groups in total. The summed E-state index contributed by atoms with van der Waals surface area (Å²) in [6, 6.07) is 0. The first kappa shape index (κ1) is 12.7. The minimum Gasteiger partial charge on any atom is -0.344 e. The lowest BCUT2D eigenvalue weighted by Gasteiger charge is -2.21. The first-order valence-corrected chi connectivity index (χ1v) is 4.64. The Labute approximate surface area is 85.2 Å². The van der Waals surface area contributed by atoms with Gasteiger partial charge in [-0.1, -0.05) is 13.5 Å². The monoisotopic (exact) mass is 198 g/mol. The van der Waals surface area contributed by atoms with Gasteiger partial charge >= 0.3 is 0 Å². The number of amides is 2. The number of carbonyl (C=O) groups excluding carboxylic acids is 2. The van der Waals surface area contributed by atoms with Gasteiger partial charge in [-0.2, -0.15) is 0 Å². The molecule has 0 aromatic rings. The zero-order valence-electron chi connectivity index (χ0n) is 9.12. The van der Waals surface area contributed by atoms with Gasteiger partial charge in [0.1, 0.15) is 0 Å². The van der Waals surface area contributed by atoms with E-state index in [-0.39, 0.29) is 11.8 Å². The first-order chi connectivity index (χ1) is 6.52. The normalized spacial score (nSPS) is 9.36. The van der Waals surface area contributed by atoms with E-state index in [1.807, 2.05) is 6.92 Å². The molecule has 0 saturated heterocycles. The fraction of sp³-hybridized carbons (Fsp3) is 0.600. The van der Waals surface area contributed by atoms with Crippen LogP contribution in [0.4, 0.5) is 0 Å². The van der Waals surface area contributed by atoms with Gasteiger partial charge < -0.3 is 9.80 Å². The smallest absolute Gasteiger partial charge is 0.245 e. The lowest BCUT2D eigenvalue weighted by molar-refractivity contribution is -0.131. The topological polar surface area (TPSA) is 40.6 Å². The predicted molar refractivity (Wildman–Crippen MR) is 55.8 cm³/mol. The van der Waals surface area contributed by atoms with Crippen LogP contribution in [0.5, 0.6) is 0 Å². The molecule has 4 nitrogen and oxygen atoms in total. The van der Waals surface area contributed by atoms with E-state index in [1.54, 1.807) is 19.0 Å². The summed E-state index contributed by atoms with van der Waals surface area (Å²) in [5.41, 5.74) is 0. The summed E-state index contributed by atoms with van der Waals surface area (Å²) >= 11 is 0. The van der Waals surface area contributed by atoms with Gasteiger partial charge in [0.25, 0.3) is 0 Å². The maximum Gasteiger partial charge on any atom is 0.245 e. The van der Waals surface area contributed by atoms with Crippen LogP contribution in [0.1, 0.15) is 13.3 Å². The number of hydrogen-bond acceptors (Lipinski definition) is 2. The van der Waals surface area contributed by atoms with Crippen LogP contribution in [0, 0.1) is 0 Å². The average Bonchev–Trinajstić information content (AvgIpc) is 2.22. The lowest BCUT2D eigenvalue weighted by Crippen LogP contribution is -2.36. The molecule has 2 amide bonds. The van der Waals surface area contributed by atoms with Crippen LogP contribution in [-0.4, -0.2) is 48.8 Å². The van der Waals surface area contributed by atoms with E-state index >= 15 is 0 Å². The summed E-state index contributed by atoms with van der Waals surface area (Å²) in [7, 11) is 3.42. The molecular formula is C10H18N2O2. The largest absolute Gasteiger partial charge is 0.344 e. The zero-order valence-corrected chi connectivity index (χ0v) is 9.12. The van der Waals surface area contributed by atoms with Crippen LogP contribution in [0.25, 0.3) is 0 Å². The van der Waals surface area contributed by atoms with Crippen molar-refractivity contribution in [2.75, 3.05) is 27.2 Å². The third-order valence-corrected chi connectivity index (χ3v) is 2.05. The highest BCUT2D eigenvalue weighted by molar-refractivity contribution is 5.86. The Morgan fingerprint density at radius 2 is 1.71 bits per heavy atom. The quantitative estimate of drug-likeness (QED) is 0.603. The molecule has 80 valence electrons. The minimum absolute atomic E-state index is 0.0875. The van der Waals surface area contributed by atoms with Crippen LogP contribution in [-0.2, 0) is 9.59 Å². The summed E-state index contributed by atoms with van der Waals surface area (Å²) in [5, 5.41) is 0. The fourth-order valence-electron chi connectivity index (χ4n) is 0.961. The van der Waals surface area contributed by atoms with E-state index in [4.69, 9.17) is 0 Å². The van der Waals surface area contributed by atoms with E-state index in [9.17, 15) is 9.59 Å². The summed E-state index contributed by atoms with van der Waals surface area (Å²) < 4.78 is 0. The third kappa shape index (κ3) is 4.07. The molecule has 0 aliphatic heterocycles. The van der Waals surface area contributed by atoms with E-state index < -0.39 is 0 Å². The van der Waals surface area contributed by atoms with Crippen molar-refractivity contribution in [3.05, 3.63) is 12.7 Å². The van der Waals surface area contributed by atoms with Gasteiger partial charge in [0.15, 0.2) is 0 Å². The molecular weight excluding hydrogens is 180 g/mol. The highest BCUT2D eigenvalue weighted by atomic mass is 16.2. The van der Waals surface area contributed by atoms with Crippen molar-refractivity contribution in [2.45, 2.75) is 13.3 Å². The molecule has 14 heavy (non-hydrogen) atoms. The molecule has 0 aliphatic carbocycles. The van der Waals surface area contributed by atoms with Crippen LogP contribution in [0.2, 0.25) is 0 Å². The molecule has 0 heterocycles. The molecule has 0 rings (SSSR count). The summed E-state index contributed by atoms with van der Waals surface area (Å²) in [6.07, 6.45) is 1.76. The first-order valence-electron chi connectivity index (χ1n) is 4.64. The standard InChI is InChI=1S/C10H18N2O2/c1-5-9(13)11(3)7-8-12(4)10(14)6-2/h5H,1,6-8H2,2-4H3. The van der Waals surface area contributed by atoms with Gasteiger partial charge in [-0.25, -0.2) is 0 Å². The predicted octanol–water partition coefficient (Wildman–Crippen LogP) is 0.499. The molecule has 0 bridgehead atoms. The Kier molecular flexibility index (Phi) is 5.60. The van der Waals surface area contributed by atoms with Crippen molar-refractivity contribution in [3.8, 4) is 0 Å². The van der Waals surface area contributed by atoms with Crippen molar-refractivity contribution in [1.29, 1.82) is 0 Å². The molecule has 0 radical (unpaired) electrons. The number of carbonyl (C=O) groups is 2. The Bertz CT molecular complexity index is 226. The van der Waals surface area contributed by atoms with Gasteiger partial charge in [-0.3, -0.25) is 9.59 Å². The van der Waals surface area contributed by atoms with Crippen LogP contribution in [0.15, 0.2) is 12.7 Å². The van der Waals surface area contributed by atoms with Crippen molar-refractivity contribution >= 4 is 11.8 Å². The van der Waals surface area contributed by atoms with Gasteiger partial charge in [-0.05, 0) is 6.08 Å². The average molecular weight is 198 g/mol. The molecule has 0 aliphatic rings. The van der Waals surface area contributed by atoms with Crippen LogP contribution in [0.3, 0.4) is 0 Å². The van der Waals surface area contributed by atoms with E-state index in [1.165, 1.54) is 11.0 Å². The SMILES string of the molecule is C=CC(=O)N(C)CCN(C)C(=O)CC. The highest BCUT2D eigenvalue weighted by Gasteiger charge is 2.08. The molecule has 0 atom stereocenters. The highest BCUT2D eigenvalue weighted by Crippen LogP contribution is 1.92. The summed E-state index contributed by atoms with van der Waals surface area (Å²) in [4.78, 5) is 25.4. The van der Waals surface area contributed by atoms with E-state index in [0.717, 1.165) is 0 Å². The number of hydrogen-bond donors (Lipinski definition) is 0. The second kappa shape index (κ2) is 6.18. The number of nitrogens with zero attached hydrogens (tertiary/aromatic N) is 2. The van der Waals surface area contributed by atoms with Crippen molar-refractivity contribution in [3.63, 3.8) is 0 Å². The minimum atomic E-state index is -0.123. The second-order valence-corrected chi connectivity index (χ2v) is 3.13. The maximum atomic E-state index is 11.2. The lowest BCUT2D eigenvalue weighted by atomic mass is 10.4. The molecule has 0 spiro atoms. The maximum absolute atomic E-state index is 11.2. The van der Waals surface area contributed by atoms with Gasteiger partial charge in [0.05, 0.1) is 0 Å². The van der Waals surface area contributed by atoms with E-state index in [0.29, 0.717) is 19.5 Å². The van der Waals surface area contributed by atoms with E-state index in [2.05, 4.69) is 6.58 Å². The van der Waals surface area contributed by atoms with Crippen molar-refractivity contribution in [2.24, 2.45) is 0 Å². The van der Waals surface area contributed by atoms with Gasteiger partial charge in [-0.15, -0.1) is 0 Å². The zero-order chi connectivity index (χ0) is 11.1. The molecule has 0 aromatic heterocycles. The number of likely N-dealkylation sites (N-methyl/N-ethyl adjacent to an activating group) is 2. The Hall–Kier alpha value is -1.32. The molecule has 0 unspecified atom stereocenters. The molecule has 0 aromatic carbocycles. The molecule has 4 heteroatoms. The van der Waals surface area contributed by atoms with Gasteiger partial charge in [0.2, 0.25) is 11.8 Å². The molecule has 0 fully saturated rings. The molecule has 0 saturated carbocycles. The fourth-order valence-corrected chi connectivity index (χ4v) is 0.961. The summed E-state index contributed by atoms with van der Waals surface area (Å²) in [6.45, 7) is 6.30. The Morgan fingerprint density at radius 1 is 1.21 bits per heavy atom. The van der Waals surface area contributed by atoms with Gasteiger partial charge in [0, 0.05) is 33.6 Å². The Morgan fingerprint density at radius 3 is 2.14 bits per heavy atom. The summed E-state index contributed by atoms with van der Waals surface area (Å²) in [5.74, 6) is -0.0354. The van der Waals surface area contributed by atoms with Crippen LogP contribution >= 0.6 is 0 Å². The van der Waals surface area contributed by atoms with Crippen LogP contribution < -0.4 is 0 Å². The number of rotatable bonds is 5. The van der Waals surface area contributed by atoms with Crippen molar-refractivity contribution < 1.29 is 9.59 Å². The Balaban J connectivity index is 3.88. The third-order valence-electron chi connectivity index (χ3n) is 2.05.